The summed E-state index contributed by atoms with van der Waals surface area (Å²) < 4.78 is 0. The summed E-state index contributed by atoms with van der Waals surface area (Å²) in [4.78, 5) is 41.4. The van der Waals surface area contributed by atoms with E-state index in [2.05, 4.69) is 5.32 Å². The first kappa shape index (κ1) is 20.6. The molecular weight excluding hydrogens is 378 g/mol. The number of nitrogens with one attached hydrogen (secondary N) is 1. The molecule has 0 saturated carbocycles. The van der Waals surface area contributed by atoms with E-state index in [-0.39, 0.29) is 30.2 Å². The molecule has 2 atom stereocenters. The number of rotatable bonds is 5. The van der Waals surface area contributed by atoms with Crippen molar-refractivity contribution >= 4 is 29.3 Å². The molecule has 152 valence electrons. The Balaban J connectivity index is 1.73. The molecule has 2 heterocycles. The number of hydrogen-bond donors (Lipinski definition) is 1. The minimum absolute atomic E-state index is 0.0770. The third-order valence-electron chi connectivity index (χ3n) is 5.55. The summed E-state index contributed by atoms with van der Waals surface area (Å²) in [6.07, 6.45) is 4.78. The van der Waals surface area contributed by atoms with E-state index in [1.54, 1.807) is 17.0 Å². The van der Waals surface area contributed by atoms with Crippen LogP contribution >= 0.6 is 11.6 Å². The number of hydrogen-bond acceptors (Lipinski definition) is 3. The smallest absolute Gasteiger partial charge is 0.245 e. The molecule has 0 bridgehead atoms. The molecule has 3 rings (SSSR count). The first-order valence-electron chi connectivity index (χ1n) is 10.1. The number of carbonyl (C=O) groups excluding carboxylic acids is 3. The number of carbonyl (C=O) groups is 3. The Morgan fingerprint density at radius 3 is 2.36 bits per heavy atom. The molecule has 1 aromatic rings. The van der Waals surface area contributed by atoms with E-state index in [0.717, 1.165) is 44.3 Å². The van der Waals surface area contributed by atoms with Gasteiger partial charge in [-0.1, -0.05) is 23.7 Å². The molecule has 1 N–H and O–H groups in total. The fraction of sp³-hybridized carbons (Fsp3) is 0.571. The average molecular weight is 406 g/mol. The SMILES string of the molecule is CC(=O)NC(CC(=O)N1CCCCC1C(=O)N1CCCC1)c1ccc(Cl)cc1. The predicted molar refractivity (Wildman–Crippen MR) is 108 cm³/mol. The predicted octanol–water partition coefficient (Wildman–Crippen LogP) is 2.91. The van der Waals surface area contributed by atoms with Gasteiger partial charge in [0.2, 0.25) is 17.7 Å². The maximum Gasteiger partial charge on any atom is 0.245 e. The Morgan fingerprint density at radius 2 is 1.71 bits per heavy atom. The van der Waals surface area contributed by atoms with Crippen LogP contribution in [0.2, 0.25) is 5.02 Å². The monoisotopic (exact) mass is 405 g/mol. The van der Waals surface area contributed by atoms with Gasteiger partial charge in [-0.05, 0) is 49.8 Å². The number of piperidine rings is 1. The lowest BCUT2D eigenvalue weighted by Crippen LogP contribution is -2.53. The summed E-state index contributed by atoms with van der Waals surface area (Å²) in [5, 5.41) is 3.46. The van der Waals surface area contributed by atoms with Crippen LogP contribution in [-0.2, 0) is 14.4 Å². The lowest BCUT2D eigenvalue weighted by molar-refractivity contribution is -0.147. The van der Waals surface area contributed by atoms with Crippen molar-refractivity contribution < 1.29 is 14.4 Å². The third kappa shape index (κ3) is 5.04. The minimum atomic E-state index is -0.438. The van der Waals surface area contributed by atoms with E-state index < -0.39 is 6.04 Å². The van der Waals surface area contributed by atoms with Gasteiger partial charge in [-0.25, -0.2) is 0 Å². The van der Waals surface area contributed by atoms with Gasteiger partial charge in [0.15, 0.2) is 0 Å². The van der Waals surface area contributed by atoms with Crippen molar-refractivity contribution in [1.29, 1.82) is 0 Å². The van der Waals surface area contributed by atoms with E-state index in [1.165, 1.54) is 6.92 Å². The van der Waals surface area contributed by atoms with Crippen LogP contribution in [0.4, 0.5) is 0 Å². The third-order valence-corrected chi connectivity index (χ3v) is 5.81. The van der Waals surface area contributed by atoms with E-state index in [4.69, 9.17) is 11.6 Å². The van der Waals surface area contributed by atoms with Crippen molar-refractivity contribution in [3.05, 3.63) is 34.9 Å². The van der Waals surface area contributed by atoms with Crippen molar-refractivity contribution in [1.82, 2.24) is 15.1 Å². The molecule has 2 unspecified atom stereocenters. The Morgan fingerprint density at radius 1 is 1.07 bits per heavy atom. The molecule has 0 aromatic heterocycles. The fourth-order valence-corrected chi connectivity index (χ4v) is 4.25. The van der Waals surface area contributed by atoms with Gasteiger partial charge in [0.1, 0.15) is 6.04 Å². The zero-order valence-corrected chi connectivity index (χ0v) is 17.1. The molecule has 2 fully saturated rings. The number of likely N-dealkylation sites (tertiary alicyclic amines) is 2. The molecule has 2 saturated heterocycles. The first-order chi connectivity index (χ1) is 13.5. The lowest BCUT2D eigenvalue weighted by Gasteiger charge is -2.37. The van der Waals surface area contributed by atoms with Gasteiger partial charge < -0.3 is 15.1 Å². The molecular formula is C21H28ClN3O3. The number of halogens is 1. The molecule has 3 amide bonds. The molecule has 28 heavy (non-hydrogen) atoms. The van der Waals surface area contributed by atoms with Crippen LogP contribution in [0.15, 0.2) is 24.3 Å². The second kappa shape index (κ2) is 9.41. The molecule has 7 heteroatoms. The van der Waals surface area contributed by atoms with Gasteiger partial charge in [0.05, 0.1) is 12.5 Å². The summed E-state index contributed by atoms with van der Waals surface area (Å²) in [5.74, 6) is -0.213. The molecule has 0 radical (unpaired) electrons. The molecule has 1 aromatic carbocycles. The van der Waals surface area contributed by atoms with E-state index in [1.807, 2.05) is 17.0 Å². The van der Waals surface area contributed by atoms with Crippen LogP contribution in [0.5, 0.6) is 0 Å². The zero-order valence-electron chi connectivity index (χ0n) is 16.3. The summed E-state index contributed by atoms with van der Waals surface area (Å²) >= 11 is 5.96. The molecule has 2 aliphatic rings. The minimum Gasteiger partial charge on any atom is -0.349 e. The van der Waals surface area contributed by atoms with Gasteiger partial charge in [-0.15, -0.1) is 0 Å². The zero-order chi connectivity index (χ0) is 20.1. The van der Waals surface area contributed by atoms with Crippen LogP contribution in [0.3, 0.4) is 0 Å². The highest BCUT2D eigenvalue weighted by molar-refractivity contribution is 6.30. The van der Waals surface area contributed by atoms with Crippen LogP contribution in [0, 0.1) is 0 Å². The number of amides is 3. The maximum atomic E-state index is 13.1. The molecule has 6 nitrogen and oxygen atoms in total. The van der Waals surface area contributed by atoms with Crippen LogP contribution in [0.1, 0.15) is 57.1 Å². The highest BCUT2D eigenvalue weighted by atomic mass is 35.5. The van der Waals surface area contributed by atoms with Crippen molar-refractivity contribution in [3.8, 4) is 0 Å². The Labute approximate surface area is 171 Å². The standard InChI is InChI=1S/C21H28ClN3O3/c1-15(26)23-18(16-7-9-17(22)10-8-16)14-20(27)25-13-3-2-6-19(25)21(28)24-11-4-5-12-24/h7-10,18-19H,2-6,11-14H2,1H3,(H,23,26). The van der Waals surface area contributed by atoms with Gasteiger partial charge in [-0.2, -0.15) is 0 Å². The highest BCUT2D eigenvalue weighted by Crippen LogP contribution is 2.25. The van der Waals surface area contributed by atoms with Crippen molar-refractivity contribution in [2.24, 2.45) is 0 Å². The van der Waals surface area contributed by atoms with Crippen molar-refractivity contribution in [2.45, 2.75) is 57.5 Å². The number of nitrogens with zero attached hydrogens (tertiary/aromatic N) is 2. The summed E-state index contributed by atoms with van der Waals surface area (Å²) in [6, 6.07) is 6.32. The summed E-state index contributed by atoms with van der Waals surface area (Å²) in [5.41, 5.74) is 0.826. The topological polar surface area (TPSA) is 69.7 Å². The van der Waals surface area contributed by atoms with Gasteiger partial charge in [0, 0.05) is 31.6 Å². The first-order valence-corrected chi connectivity index (χ1v) is 10.4. The Kier molecular flexibility index (Phi) is 6.94. The second-order valence-corrected chi connectivity index (χ2v) is 8.08. The van der Waals surface area contributed by atoms with Crippen molar-refractivity contribution in [2.75, 3.05) is 19.6 Å². The quantitative estimate of drug-likeness (QED) is 0.818. The Hall–Kier alpha value is -2.08. The molecule has 0 aliphatic carbocycles. The average Bonchev–Trinajstić information content (AvgIpc) is 3.22. The van der Waals surface area contributed by atoms with Crippen LogP contribution in [0.25, 0.3) is 0 Å². The van der Waals surface area contributed by atoms with Gasteiger partial charge in [0.25, 0.3) is 0 Å². The maximum absolute atomic E-state index is 13.1. The van der Waals surface area contributed by atoms with Crippen LogP contribution in [-0.4, -0.2) is 53.2 Å². The van der Waals surface area contributed by atoms with Crippen molar-refractivity contribution in [3.63, 3.8) is 0 Å². The largest absolute Gasteiger partial charge is 0.349 e. The lowest BCUT2D eigenvalue weighted by atomic mass is 9.98. The summed E-state index contributed by atoms with van der Waals surface area (Å²) in [6.45, 7) is 3.61. The molecule has 0 spiro atoms. The fourth-order valence-electron chi connectivity index (χ4n) is 4.12. The van der Waals surface area contributed by atoms with E-state index >= 15 is 0 Å². The van der Waals surface area contributed by atoms with Crippen LogP contribution < -0.4 is 5.32 Å². The van der Waals surface area contributed by atoms with Gasteiger partial charge >= 0.3 is 0 Å². The summed E-state index contributed by atoms with van der Waals surface area (Å²) in [7, 11) is 0. The molecule has 2 aliphatic heterocycles. The Bertz CT molecular complexity index is 716. The van der Waals surface area contributed by atoms with E-state index in [0.29, 0.717) is 18.0 Å². The normalized spacial score (nSPS) is 20.7. The number of benzene rings is 1. The highest BCUT2D eigenvalue weighted by Gasteiger charge is 2.36. The van der Waals surface area contributed by atoms with E-state index in [9.17, 15) is 14.4 Å². The van der Waals surface area contributed by atoms with Gasteiger partial charge in [-0.3, -0.25) is 14.4 Å². The second-order valence-electron chi connectivity index (χ2n) is 7.64.